The molecule has 2 aromatic carbocycles. The summed E-state index contributed by atoms with van der Waals surface area (Å²) in [7, 11) is 0. The van der Waals surface area contributed by atoms with E-state index in [1.165, 1.54) is 11.3 Å². The normalized spacial score (nSPS) is 11.0. The third-order valence-electron chi connectivity index (χ3n) is 3.06. The van der Waals surface area contributed by atoms with Gasteiger partial charge in [-0.1, -0.05) is 48.0 Å². The van der Waals surface area contributed by atoms with Gasteiger partial charge in [0.25, 0.3) is 0 Å². The lowest BCUT2D eigenvalue weighted by Gasteiger charge is -2.02. The predicted molar refractivity (Wildman–Crippen MR) is 95.0 cm³/mol. The second-order valence-electron chi connectivity index (χ2n) is 4.80. The van der Waals surface area contributed by atoms with E-state index in [-0.39, 0.29) is 0 Å². The smallest absolute Gasteiger partial charge is 0.203 e. The number of rotatable bonds is 4. The van der Waals surface area contributed by atoms with Crippen molar-refractivity contribution >= 4 is 34.3 Å². The molecule has 1 N–H and O–H groups in total. The maximum absolute atomic E-state index is 6.02. The van der Waals surface area contributed by atoms with Crippen molar-refractivity contribution in [1.82, 2.24) is 4.98 Å². The van der Waals surface area contributed by atoms with Crippen LogP contribution in [0.15, 0.2) is 59.0 Å². The van der Waals surface area contributed by atoms with Crippen molar-refractivity contribution < 1.29 is 0 Å². The van der Waals surface area contributed by atoms with Crippen LogP contribution in [0.3, 0.4) is 0 Å². The van der Waals surface area contributed by atoms with E-state index < -0.39 is 0 Å². The van der Waals surface area contributed by atoms with Gasteiger partial charge in [0.1, 0.15) is 0 Å². The minimum Gasteiger partial charge on any atom is -0.253 e. The summed E-state index contributed by atoms with van der Waals surface area (Å²) >= 11 is 7.56. The third kappa shape index (κ3) is 3.72. The lowest BCUT2D eigenvalue weighted by atomic mass is 10.0. The summed E-state index contributed by atoms with van der Waals surface area (Å²) in [6, 6.07) is 16.0. The molecule has 0 aliphatic rings. The molecular formula is C17H14ClN3S. The zero-order valence-corrected chi connectivity index (χ0v) is 13.5. The number of hydrazone groups is 1. The monoisotopic (exact) mass is 327 g/mol. The van der Waals surface area contributed by atoms with Crippen molar-refractivity contribution in [1.29, 1.82) is 0 Å². The predicted octanol–water partition coefficient (Wildman–Crippen LogP) is 5.22. The molecule has 22 heavy (non-hydrogen) atoms. The summed E-state index contributed by atoms with van der Waals surface area (Å²) in [4.78, 5) is 4.29. The SMILES string of the molecule is Cc1csc(NN=Cc2ccc(-c3cccc(Cl)c3)cc2)n1. The highest BCUT2D eigenvalue weighted by molar-refractivity contribution is 7.13. The van der Waals surface area contributed by atoms with Gasteiger partial charge in [-0.15, -0.1) is 11.3 Å². The van der Waals surface area contributed by atoms with Crippen LogP contribution >= 0.6 is 22.9 Å². The molecule has 3 aromatic rings. The van der Waals surface area contributed by atoms with Gasteiger partial charge >= 0.3 is 0 Å². The highest BCUT2D eigenvalue weighted by atomic mass is 35.5. The highest BCUT2D eigenvalue weighted by Gasteiger charge is 1.98. The number of thiazole rings is 1. The molecule has 0 radical (unpaired) electrons. The van der Waals surface area contributed by atoms with E-state index in [2.05, 4.69) is 27.6 Å². The molecule has 5 heteroatoms. The molecule has 0 saturated carbocycles. The number of nitrogens with one attached hydrogen (secondary N) is 1. The maximum atomic E-state index is 6.02. The molecule has 110 valence electrons. The van der Waals surface area contributed by atoms with E-state index in [1.54, 1.807) is 6.21 Å². The molecule has 1 aromatic heterocycles. The summed E-state index contributed by atoms with van der Waals surface area (Å²) < 4.78 is 0. The number of aromatic nitrogens is 1. The summed E-state index contributed by atoms with van der Waals surface area (Å²) in [6.07, 6.45) is 1.78. The van der Waals surface area contributed by atoms with Crippen LogP contribution in [-0.2, 0) is 0 Å². The summed E-state index contributed by atoms with van der Waals surface area (Å²) in [6.45, 7) is 1.96. The lowest BCUT2D eigenvalue weighted by Crippen LogP contribution is -1.90. The van der Waals surface area contributed by atoms with Crippen molar-refractivity contribution in [2.24, 2.45) is 5.10 Å². The first kappa shape index (κ1) is 14.8. The average molecular weight is 328 g/mol. The van der Waals surface area contributed by atoms with Crippen LogP contribution in [0.25, 0.3) is 11.1 Å². The number of hydrogen-bond donors (Lipinski definition) is 1. The van der Waals surface area contributed by atoms with Gasteiger partial charge in [-0.25, -0.2) is 4.98 Å². The second-order valence-corrected chi connectivity index (χ2v) is 6.09. The van der Waals surface area contributed by atoms with Crippen LogP contribution in [0.1, 0.15) is 11.3 Å². The van der Waals surface area contributed by atoms with Gasteiger partial charge in [0.2, 0.25) is 5.13 Å². The van der Waals surface area contributed by atoms with Crippen LogP contribution < -0.4 is 5.43 Å². The van der Waals surface area contributed by atoms with Crippen molar-refractivity contribution in [3.8, 4) is 11.1 Å². The first-order chi connectivity index (χ1) is 10.7. The Morgan fingerprint density at radius 2 is 1.95 bits per heavy atom. The molecular weight excluding hydrogens is 314 g/mol. The topological polar surface area (TPSA) is 37.3 Å². The Balaban J connectivity index is 1.69. The minimum atomic E-state index is 0.742. The van der Waals surface area contributed by atoms with Gasteiger partial charge in [0.15, 0.2) is 0 Å². The fourth-order valence-electron chi connectivity index (χ4n) is 2.00. The quantitative estimate of drug-likeness (QED) is 0.527. The fourth-order valence-corrected chi connectivity index (χ4v) is 2.82. The van der Waals surface area contributed by atoms with Crippen molar-refractivity contribution in [3.63, 3.8) is 0 Å². The van der Waals surface area contributed by atoms with E-state index in [9.17, 15) is 0 Å². The molecule has 0 aliphatic carbocycles. The first-order valence-electron chi connectivity index (χ1n) is 6.78. The molecule has 0 saturated heterocycles. The Morgan fingerprint density at radius 3 is 2.64 bits per heavy atom. The van der Waals surface area contributed by atoms with E-state index in [1.807, 2.05) is 48.7 Å². The molecule has 1 heterocycles. The average Bonchev–Trinajstić information content (AvgIpc) is 2.93. The van der Waals surface area contributed by atoms with E-state index >= 15 is 0 Å². The summed E-state index contributed by atoms with van der Waals surface area (Å²) in [5.41, 5.74) is 7.17. The van der Waals surface area contributed by atoms with Gasteiger partial charge < -0.3 is 0 Å². The lowest BCUT2D eigenvalue weighted by molar-refractivity contribution is 1.22. The van der Waals surface area contributed by atoms with E-state index in [0.29, 0.717) is 0 Å². The fraction of sp³-hybridized carbons (Fsp3) is 0.0588. The zero-order valence-electron chi connectivity index (χ0n) is 12.0. The minimum absolute atomic E-state index is 0.742. The molecule has 3 nitrogen and oxygen atoms in total. The van der Waals surface area contributed by atoms with Crippen LogP contribution in [0.2, 0.25) is 5.02 Å². The summed E-state index contributed by atoms with van der Waals surface area (Å²) in [5.74, 6) is 0. The number of anilines is 1. The number of hydrogen-bond acceptors (Lipinski definition) is 4. The molecule has 3 rings (SSSR count). The van der Waals surface area contributed by atoms with Gasteiger partial charge in [-0.3, -0.25) is 5.43 Å². The number of benzene rings is 2. The molecule has 0 atom stereocenters. The summed E-state index contributed by atoms with van der Waals surface area (Å²) in [5, 5.41) is 7.71. The van der Waals surface area contributed by atoms with Gasteiger partial charge in [0.05, 0.1) is 11.9 Å². The molecule has 0 unspecified atom stereocenters. The molecule has 0 aliphatic heterocycles. The standard InChI is InChI=1S/C17H14ClN3S/c1-12-11-22-17(20-12)21-19-10-13-5-7-14(8-6-13)15-3-2-4-16(18)9-15/h2-11H,1H3,(H,20,21). The van der Waals surface area contributed by atoms with Gasteiger partial charge in [0, 0.05) is 10.4 Å². The van der Waals surface area contributed by atoms with Crippen molar-refractivity contribution in [3.05, 3.63) is 70.2 Å². The molecule has 0 fully saturated rings. The zero-order chi connectivity index (χ0) is 15.4. The maximum Gasteiger partial charge on any atom is 0.203 e. The van der Waals surface area contributed by atoms with Crippen LogP contribution in [0.5, 0.6) is 0 Å². The van der Waals surface area contributed by atoms with Crippen LogP contribution in [0, 0.1) is 6.92 Å². The largest absolute Gasteiger partial charge is 0.253 e. The van der Waals surface area contributed by atoms with Crippen LogP contribution in [-0.4, -0.2) is 11.2 Å². The van der Waals surface area contributed by atoms with E-state index in [0.717, 1.165) is 32.5 Å². The highest BCUT2D eigenvalue weighted by Crippen LogP contribution is 2.22. The molecule has 0 spiro atoms. The Morgan fingerprint density at radius 1 is 1.14 bits per heavy atom. The van der Waals surface area contributed by atoms with E-state index in [4.69, 9.17) is 11.6 Å². The number of halogens is 1. The van der Waals surface area contributed by atoms with Gasteiger partial charge in [-0.2, -0.15) is 5.10 Å². The second kappa shape index (κ2) is 6.73. The third-order valence-corrected chi connectivity index (χ3v) is 4.16. The Labute approximate surface area is 138 Å². The Hall–Kier alpha value is -2.17. The van der Waals surface area contributed by atoms with Crippen molar-refractivity contribution in [2.45, 2.75) is 6.92 Å². The van der Waals surface area contributed by atoms with Gasteiger partial charge in [-0.05, 0) is 35.7 Å². The Bertz CT molecular complexity index is 794. The molecule has 0 bridgehead atoms. The van der Waals surface area contributed by atoms with Crippen molar-refractivity contribution in [2.75, 3.05) is 5.43 Å². The first-order valence-corrected chi connectivity index (χ1v) is 8.04. The number of nitrogens with zero attached hydrogens (tertiary/aromatic N) is 2. The Kier molecular flexibility index (Phi) is 4.51. The number of aryl methyl sites for hydroxylation is 1. The van der Waals surface area contributed by atoms with Crippen LogP contribution in [0.4, 0.5) is 5.13 Å². The molecule has 0 amide bonds.